The van der Waals surface area contributed by atoms with Gasteiger partial charge in [0.15, 0.2) is 0 Å². The Hall–Kier alpha value is -0.300. The van der Waals surface area contributed by atoms with Crippen LogP contribution in [0.15, 0.2) is 24.3 Å². The second-order valence-corrected chi connectivity index (χ2v) is 7.34. The van der Waals surface area contributed by atoms with Gasteiger partial charge in [-0.2, -0.15) is 0 Å². The highest BCUT2D eigenvalue weighted by Crippen LogP contribution is 2.29. The molecule has 0 nitrogen and oxygen atoms in total. The highest BCUT2D eigenvalue weighted by atomic mass is 79.9. The molecular formula is C16H25Br. The molecule has 0 saturated heterocycles. The van der Waals surface area contributed by atoms with Gasteiger partial charge in [-0.1, -0.05) is 74.8 Å². The van der Waals surface area contributed by atoms with Crippen LogP contribution in [0.1, 0.15) is 64.5 Å². The SMILES string of the molecule is CCC(C)(C)c1ccc(C(C)CC(C)Br)cc1. The lowest BCUT2D eigenvalue weighted by molar-refractivity contribution is 0.506. The van der Waals surface area contributed by atoms with E-state index < -0.39 is 0 Å². The van der Waals surface area contributed by atoms with Gasteiger partial charge in [-0.3, -0.25) is 0 Å². The number of halogens is 1. The topological polar surface area (TPSA) is 0 Å². The third kappa shape index (κ3) is 4.13. The average Bonchev–Trinajstić information content (AvgIpc) is 2.28. The van der Waals surface area contributed by atoms with Crippen LogP contribution in [0.3, 0.4) is 0 Å². The van der Waals surface area contributed by atoms with E-state index in [2.05, 4.69) is 74.8 Å². The molecule has 0 aliphatic heterocycles. The van der Waals surface area contributed by atoms with Gasteiger partial charge in [-0.25, -0.2) is 0 Å². The molecule has 0 amide bonds. The van der Waals surface area contributed by atoms with Gasteiger partial charge in [0.2, 0.25) is 0 Å². The van der Waals surface area contributed by atoms with Crippen LogP contribution in [0.25, 0.3) is 0 Å². The molecule has 0 saturated carbocycles. The standard InChI is InChI=1S/C16H25Br/c1-6-16(4,5)15-9-7-14(8-10-15)12(2)11-13(3)17/h7-10,12-13H,6,11H2,1-5H3. The quantitative estimate of drug-likeness (QED) is 0.616. The molecule has 1 rings (SSSR count). The van der Waals surface area contributed by atoms with E-state index in [9.17, 15) is 0 Å². The summed E-state index contributed by atoms with van der Waals surface area (Å²) in [6, 6.07) is 9.20. The molecule has 0 heterocycles. The van der Waals surface area contributed by atoms with E-state index in [0.717, 1.165) is 0 Å². The molecule has 0 spiro atoms. The third-order valence-electron chi connectivity index (χ3n) is 3.82. The smallest absolute Gasteiger partial charge is 0.0123 e. The maximum Gasteiger partial charge on any atom is 0.0123 e. The molecule has 0 N–H and O–H groups in total. The van der Waals surface area contributed by atoms with Crippen LogP contribution in [0.2, 0.25) is 0 Å². The molecule has 2 unspecified atom stereocenters. The predicted molar refractivity (Wildman–Crippen MR) is 81.2 cm³/mol. The molecule has 0 radical (unpaired) electrons. The summed E-state index contributed by atoms with van der Waals surface area (Å²) in [7, 11) is 0. The first-order valence-electron chi connectivity index (χ1n) is 6.61. The zero-order valence-corrected chi connectivity index (χ0v) is 13.3. The first-order valence-corrected chi connectivity index (χ1v) is 7.53. The number of rotatable bonds is 5. The summed E-state index contributed by atoms with van der Waals surface area (Å²) in [5.74, 6) is 0.628. The highest BCUT2D eigenvalue weighted by Gasteiger charge is 2.18. The van der Waals surface area contributed by atoms with E-state index in [1.54, 1.807) is 0 Å². The molecule has 96 valence electrons. The van der Waals surface area contributed by atoms with E-state index in [1.165, 1.54) is 24.0 Å². The van der Waals surface area contributed by atoms with Gasteiger partial charge in [0, 0.05) is 4.83 Å². The van der Waals surface area contributed by atoms with Crippen molar-refractivity contribution in [1.29, 1.82) is 0 Å². The van der Waals surface area contributed by atoms with Crippen molar-refractivity contribution in [2.45, 2.75) is 63.6 Å². The lowest BCUT2D eigenvalue weighted by atomic mass is 9.81. The van der Waals surface area contributed by atoms with Gasteiger partial charge in [0.05, 0.1) is 0 Å². The van der Waals surface area contributed by atoms with Gasteiger partial charge in [0.25, 0.3) is 0 Å². The van der Waals surface area contributed by atoms with Crippen molar-refractivity contribution >= 4 is 15.9 Å². The van der Waals surface area contributed by atoms with Crippen LogP contribution in [0.5, 0.6) is 0 Å². The van der Waals surface area contributed by atoms with Crippen LogP contribution in [-0.2, 0) is 5.41 Å². The van der Waals surface area contributed by atoms with E-state index in [4.69, 9.17) is 0 Å². The summed E-state index contributed by atoms with van der Waals surface area (Å²) >= 11 is 3.63. The number of hydrogen-bond acceptors (Lipinski definition) is 0. The first kappa shape index (κ1) is 14.8. The number of alkyl halides is 1. The van der Waals surface area contributed by atoms with Crippen molar-refractivity contribution in [2.75, 3.05) is 0 Å². The zero-order chi connectivity index (χ0) is 13.1. The minimum absolute atomic E-state index is 0.296. The van der Waals surface area contributed by atoms with E-state index >= 15 is 0 Å². The molecule has 1 aromatic rings. The summed E-state index contributed by atoms with van der Waals surface area (Å²) in [6.45, 7) is 11.4. The highest BCUT2D eigenvalue weighted by molar-refractivity contribution is 9.09. The van der Waals surface area contributed by atoms with Crippen molar-refractivity contribution in [1.82, 2.24) is 0 Å². The number of hydrogen-bond donors (Lipinski definition) is 0. The van der Waals surface area contributed by atoms with Crippen LogP contribution < -0.4 is 0 Å². The summed E-state index contributed by atoms with van der Waals surface area (Å²) < 4.78 is 0. The van der Waals surface area contributed by atoms with Crippen LogP contribution in [0, 0.1) is 0 Å². The van der Waals surface area contributed by atoms with E-state index in [-0.39, 0.29) is 0 Å². The van der Waals surface area contributed by atoms with Crippen LogP contribution in [0.4, 0.5) is 0 Å². The average molecular weight is 297 g/mol. The molecule has 0 aromatic heterocycles. The Bertz CT molecular complexity index is 335. The van der Waals surface area contributed by atoms with E-state index in [0.29, 0.717) is 16.2 Å². The van der Waals surface area contributed by atoms with Gasteiger partial charge in [0.1, 0.15) is 0 Å². The first-order chi connectivity index (χ1) is 7.86. The lowest BCUT2D eigenvalue weighted by Gasteiger charge is -2.24. The van der Waals surface area contributed by atoms with Crippen molar-refractivity contribution in [3.63, 3.8) is 0 Å². The van der Waals surface area contributed by atoms with Gasteiger partial charge < -0.3 is 0 Å². The predicted octanol–water partition coefficient (Wildman–Crippen LogP) is 5.65. The van der Waals surface area contributed by atoms with Crippen molar-refractivity contribution in [2.24, 2.45) is 0 Å². The fourth-order valence-corrected chi connectivity index (χ4v) is 2.65. The number of benzene rings is 1. The second-order valence-electron chi connectivity index (χ2n) is 5.78. The van der Waals surface area contributed by atoms with Crippen LogP contribution in [-0.4, -0.2) is 4.83 Å². The molecule has 0 aliphatic carbocycles. The van der Waals surface area contributed by atoms with Crippen molar-refractivity contribution in [3.05, 3.63) is 35.4 Å². The Labute approximate surface area is 115 Å². The third-order valence-corrected chi connectivity index (χ3v) is 4.20. The van der Waals surface area contributed by atoms with Crippen molar-refractivity contribution < 1.29 is 0 Å². The molecule has 0 aliphatic rings. The normalized spacial score (nSPS) is 15.6. The van der Waals surface area contributed by atoms with Gasteiger partial charge in [-0.05, 0) is 35.3 Å². The monoisotopic (exact) mass is 296 g/mol. The molecule has 1 heteroatoms. The Morgan fingerprint density at radius 3 is 2.06 bits per heavy atom. The summed E-state index contributed by atoms with van der Waals surface area (Å²) in [5, 5.41) is 0. The van der Waals surface area contributed by atoms with Gasteiger partial charge >= 0.3 is 0 Å². The fourth-order valence-electron chi connectivity index (χ4n) is 2.09. The molecule has 0 fully saturated rings. The zero-order valence-electron chi connectivity index (χ0n) is 11.8. The Balaban J connectivity index is 2.81. The largest absolute Gasteiger partial charge is 0.0893 e. The Morgan fingerprint density at radius 2 is 1.65 bits per heavy atom. The fraction of sp³-hybridized carbons (Fsp3) is 0.625. The maximum atomic E-state index is 3.63. The summed E-state index contributed by atoms with van der Waals surface area (Å²) in [4.78, 5) is 0.587. The molecule has 0 bridgehead atoms. The Kier molecular flexibility index (Phi) is 5.24. The molecule has 2 atom stereocenters. The van der Waals surface area contributed by atoms with Gasteiger partial charge in [-0.15, -0.1) is 0 Å². The molecule has 17 heavy (non-hydrogen) atoms. The minimum atomic E-state index is 0.296. The van der Waals surface area contributed by atoms with Crippen molar-refractivity contribution in [3.8, 4) is 0 Å². The minimum Gasteiger partial charge on any atom is -0.0893 e. The maximum absolute atomic E-state index is 3.63. The molecule has 1 aromatic carbocycles. The lowest BCUT2D eigenvalue weighted by Crippen LogP contribution is -2.15. The van der Waals surface area contributed by atoms with Crippen LogP contribution >= 0.6 is 15.9 Å². The summed E-state index contributed by atoms with van der Waals surface area (Å²) in [5.41, 5.74) is 3.19. The molecular weight excluding hydrogens is 272 g/mol. The summed E-state index contributed by atoms with van der Waals surface area (Å²) in [6.07, 6.45) is 2.37. The van der Waals surface area contributed by atoms with E-state index in [1.807, 2.05) is 0 Å². The second kappa shape index (κ2) is 6.04. The Morgan fingerprint density at radius 1 is 1.12 bits per heavy atom.